The number of hydrogen-bond acceptors (Lipinski definition) is 0. The van der Waals surface area contributed by atoms with E-state index in [2.05, 4.69) is 174 Å². The van der Waals surface area contributed by atoms with Crippen LogP contribution in [0, 0.1) is 0 Å². The summed E-state index contributed by atoms with van der Waals surface area (Å²) in [5, 5.41) is 0. The first-order chi connectivity index (χ1) is 20.3. The molecule has 7 rings (SSSR count). The molecule has 0 aliphatic rings. The Morgan fingerprint density at radius 2 is 1.10 bits per heavy atom. The Morgan fingerprint density at radius 1 is 0.537 bits per heavy atom. The first kappa shape index (κ1) is 24.4. The van der Waals surface area contributed by atoms with Crippen LogP contribution in [0.5, 0.6) is 0 Å². The molecule has 0 spiro atoms. The zero-order valence-corrected chi connectivity index (χ0v) is 22.5. The maximum Gasteiger partial charge on any atom is 0.249 e. The van der Waals surface area contributed by atoms with Gasteiger partial charge < -0.3 is 0 Å². The lowest BCUT2D eigenvalue weighted by atomic mass is 10.1. The van der Waals surface area contributed by atoms with E-state index in [1.54, 1.807) is 0 Å². The molecule has 0 aliphatic heterocycles. The van der Waals surface area contributed by atoms with E-state index in [0.717, 1.165) is 29.3 Å². The molecule has 0 unspecified atom stereocenters. The van der Waals surface area contributed by atoms with E-state index >= 15 is 0 Å². The molecule has 1 N–H and O–H groups in total. The molecule has 7 aromatic rings. The van der Waals surface area contributed by atoms with E-state index in [4.69, 9.17) is 0 Å². The van der Waals surface area contributed by atoms with E-state index < -0.39 is 0 Å². The SMILES string of the molecule is c1ccc(C[n+]2ccn(-c3ccc(-[n+]4ccc(-c5cc[n+](-c6ccc(-[n+]7cc[nH]c7)cc6)cc5)cc4)cc3)c2)cc1. The molecule has 4 heterocycles. The summed E-state index contributed by atoms with van der Waals surface area (Å²) in [4.78, 5) is 3.08. The monoisotopic (exact) mass is 534 g/mol. The van der Waals surface area contributed by atoms with E-state index in [1.807, 2.05) is 18.7 Å². The van der Waals surface area contributed by atoms with Crippen LogP contribution in [0.25, 0.3) is 33.9 Å². The third kappa shape index (κ3) is 5.31. The summed E-state index contributed by atoms with van der Waals surface area (Å²) in [6.07, 6.45) is 20.6. The molecule has 0 fully saturated rings. The van der Waals surface area contributed by atoms with Crippen molar-refractivity contribution in [3.05, 3.63) is 171 Å². The lowest BCUT2D eigenvalue weighted by Crippen LogP contribution is -2.31. The van der Waals surface area contributed by atoms with Crippen LogP contribution >= 0.6 is 0 Å². The Balaban J connectivity index is 1.02. The van der Waals surface area contributed by atoms with Crippen molar-refractivity contribution < 1.29 is 18.3 Å². The molecule has 0 atom stereocenters. The number of aromatic amines is 1. The second-order valence-electron chi connectivity index (χ2n) is 10.0. The van der Waals surface area contributed by atoms with Crippen molar-refractivity contribution in [1.82, 2.24) is 9.55 Å². The standard InChI is InChI=1S/C35H29N6/c1-2-4-29(5-3-1)26-37-24-25-41(28-37)35-12-8-33(9-13-35)39-21-16-31(17-22-39)30-14-19-38(20-15-30)32-6-10-34(11-7-32)40-23-18-36-27-40/h1-25,27-28H,26H2/q+3/p+1. The molecule has 0 saturated heterocycles. The molecule has 0 amide bonds. The first-order valence-electron chi connectivity index (χ1n) is 13.7. The molecule has 0 aliphatic carbocycles. The number of nitrogens with zero attached hydrogens (tertiary/aromatic N) is 5. The maximum atomic E-state index is 3.08. The second-order valence-corrected chi connectivity index (χ2v) is 10.0. The fraction of sp³-hybridized carbons (Fsp3) is 0.0286. The van der Waals surface area contributed by atoms with Crippen molar-refractivity contribution >= 4 is 0 Å². The van der Waals surface area contributed by atoms with Gasteiger partial charge in [-0.3, -0.25) is 0 Å². The lowest BCUT2D eigenvalue weighted by molar-refractivity contribution is -0.687. The van der Waals surface area contributed by atoms with E-state index in [0.29, 0.717) is 0 Å². The van der Waals surface area contributed by atoms with Gasteiger partial charge >= 0.3 is 0 Å². The van der Waals surface area contributed by atoms with E-state index in [9.17, 15) is 0 Å². The zero-order chi connectivity index (χ0) is 27.4. The van der Waals surface area contributed by atoms with Crippen molar-refractivity contribution in [3.63, 3.8) is 0 Å². The minimum absolute atomic E-state index is 0.858. The van der Waals surface area contributed by atoms with Crippen LogP contribution in [0.15, 0.2) is 165 Å². The molecule has 4 aromatic heterocycles. The highest BCUT2D eigenvalue weighted by atomic mass is 15.1. The fourth-order valence-corrected chi connectivity index (χ4v) is 5.06. The Morgan fingerprint density at radius 3 is 1.66 bits per heavy atom. The number of hydrogen-bond donors (Lipinski definition) is 1. The van der Waals surface area contributed by atoms with Gasteiger partial charge in [0.15, 0.2) is 24.8 Å². The van der Waals surface area contributed by atoms with Crippen molar-refractivity contribution in [2.75, 3.05) is 0 Å². The molecule has 196 valence electrons. The Hall–Kier alpha value is -5.62. The average Bonchev–Trinajstić information content (AvgIpc) is 3.75. The minimum Gasteiger partial charge on any atom is -0.250 e. The highest BCUT2D eigenvalue weighted by Gasteiger charge is 2.13. The molecule has 3 aromatic carbocycles. The number of nitrogens with one attached hydrogen (secondary N) is 1. The summed E-state index contributed by atoms with van der Waals surface area (Å²) >= 11 is 0. The number of benzene rings is 3. The predicted octanol–water partition coefficient (Wildman–Crippen LogP) is 4.64. The first-order valence-corrected chi connectivity index (χ1v) is 13.7. The van der Waals surface area contributed by atoms with Gasteiger partial charge in [0.25, 0.3) is 0 Å². The summed E-state index contributed by atoms with van der Waals surface area (Å²) in [5.74, 6) is 0. The third-order valence-electron chi connectivity index (χ3n) is 7.33. The normalized spacial score (nSPS) is 11.0. The number of imidazole rings is 2. The van der Waals surface area contributed by atoms with Gasteiger partial charge in [-0.05, 0) is 41.0 Å². The molecule has 41 heavy (non-hydrogen) atoms. The fourth-order valence-electron chi connectivity index (χ4n) is 5.06. The van der Waals surface area contributed by atoms with Crippen molar-refractivity contribution in [2.24, 2.45) is 0 Å². The Kier molecular flexibility index (Phi) is 6.47. The van der Waals surface area contributed by atoms with Crippen molar-refractivity contribution in [3.8, 4) is 33.9 Å². The summed E-state index contributed by atoms with van der Waals surface area (Å²) in [6, 6.07) is 36.3. The minimum atomic E-state index is 0.858. The maximum absolute atomic E-state index is 3.08. The number of H-pyrrole nitrogens is 1. The van der Waals surface area contributed by atoms with E-state index in [1.165, 1.54) is 16.7 Å². The lowest BCUT2D eigenvalue weighted by Gasteiger charge is -2.02. The van der Waals surface area contributed by atoms with Crippen LogP contribution in [0.1, 0.15) is 5.56 Å². The van der Waals surface area contributed by atoms with E-state index in [-0.39, 0.29) is 0 Å². The molecule has 6 heteroatoms. The number of rotatable bonds is 7. The summed E-state index contributed by atoms with van der Waals surface area (Å²) < 4.78 is 10.7. The average molecular weight is 535 g/mol. The van der Waals surface area contributed by atoms with Crippen molar-refractivity contribution in [1.29, 1.82) is 0 Å². The number of aromatic nitrogens is 6. The smallest absolute Gasteiger partial charge is 0.249 e. The molecule has 0 bridgehead atoms. The van der Waals surface area contributed by atoms with Gasteiger partial charge in [0.2, 0.25) is 24.0 Å². The van der Waals surface area contributed by atoms with Crippen LogP contribution in [-0.4, -0.2) is 9.55 Å². The molecular weight excluding hydrogens is 504 g/mol. The molecule has 0 saturated carbocycles. The highest BCUT2D eigenvalue weighted by molar-refractivity contribution is 5.61. The van der Waals surface area contributed by atoms with Gasteiger partial charge in [0.1, 0.15) is 42.7 Å². The summed E-state index contributed by atoms with van der Waals surface area (Å²) in [7, 11) is 0. The number of pyridine rings is 2. The largest absolute Gasteiger partial charge is 0.250 e. The predicted molar refractivity (Wildman–Crippen MR) is 156 cm³/mol. The van der Waals surface area contributed by atoms with Crippen LogP contribution in [0.2, 0.25) is 0 Å². The third-order valence-corrected chi connectivity index (χ3v) is 7.33. The van der Waals surface area contributed by atoms with Crippen LogP contribution in [0.4, 0.5) is 0 Å². The zero-order valence-electron chi connectivity index (χ0n) is 22.5. The summed E-state index contributed by atoms with van der Waals surface area (Å²) in [6.45, 7) is 0.858. The molecular formula is C35H30N6+4. The van der Waals surface area contributed by atoms with Gasteiger partial charge in [-0.25, -0.2) is 18.7 Å². The quantitative estimate of drug-likeness (QED) is 0.290. The Labute approximate surface area is 238 Å². The van der Waals surface area contributed by atoms with Gasteiger partial charge in [0.05, 0.1) is 0 Å². The van der Waals surface area contributed by atoms with Gasteiger partial charge in [-0.2, -0.15) is 9.13 Å². The second kappa shape index (κ2) is 10.9. The summed E-state index contributed by atoms with van der Waals surface area (Å²) in [5.41, 5.74) is 8.15. The van der Waals surface area contributed by atoms with Crippen LogP contribution in [-0.2, 0) is 6.54 Å². The molecule has 6 nitrogen and oxygen atoms in total. The van der Waals surface area contributed by atoms with Crippen LogP contribution < -0.4 is 18.3 Å². The highest BCUT2D eigenvalue weighted by Crippen LogP contribution is 2.17. The Bertz CT molecular complexity index is 1850. The molecule has 0 radical (unpaired) electrons. The van der Waals surface area contributed by atoms with Gasteiger partial charge in [-0.1, -0.05) is 30.3 Å². The van der Waals surface area contributed by atoms with Gasteiger partial charge in [0, 0.05) is 48.5 Å². The topological polar surface area (TPSA) is 36.2 Å². The van der Waals surface area contributed by atoms with Gasteiger partial charge in [-0.15, -0.1) is 0 Å². The van der Waals surface area contributed by atoms with Crippen LogP contribution in [0.3, 0.4) is 0 Å². The van der Waals surface area contributed by atoms with Crippen molar-refractivity contribution in [2.45, 2.75) is 6.54 Å².